The molecule has 0 radical (unpaired) electrons. The first-order chi connectivity index (χ1) is 7.90. The number of amides is 1. The summed E-state index contributed by atoms with van der Waals surface area (Å²) in [6, 6.07) is 2.38. The molecule has 98 valence electrons. The van der Waals surface area contributed by atoms with Crippen LogP contribution in [-0.2, 0) is 4.79 Å². The van der Waals surface area contributed by atoms with Gasteiger partial charge in [0.1, 0.15) is 0 Å². The van der Waals surface area contributed by atoms with Gasteiger partial charge < -0.3 is 5.32 Å². The quantitative estimate of drug-likeness (QED) is 0.734. The first kappa shape index (κ1) is 15.9. The number of nitrogens with one attached hydrogen (secondary N) is 1. The summed E-state index contributed by atoms with van der Waals surface area (Å²) in [5.74, 6) is 0.440. The molecule has 0 heterocycles. The Kier molecular flexibility index (Phi) is 7.56. The summed E-state index contributed by atoms with van der Waals surface area (Å²) in [4.78, 5) is 13.8. The van der Waals surface area contributed by atoms with Crippen molar-refractivity contribution in [3.05, 3.63) is 0 Å². The molecule has 0 saturated carbocycles. The molecule has 0 aliphatic rings. The van der Waals surface area contributed by atoms with Crippen molar-refractivity contribution in [2.24, 2.45) is 11.8 Å². The summed E-state index contributed by atoms with van der Waals surface area (Å²) < 4.78 is 0. The number of carbonyl (C=O) groups excluding carboxylic acids is 1. The van der Waals surface area contributed by atoms with Crippen molar-refractivity contribution >= 4 is 5.91 Å². The van der Waals surface area contributed by atoms with E-state index >= 15 is 0 Å². The molecule has 0 aromatic heterocycles. The van der Waals surface area contributed by atoms with Crippen LogP contribution in [0.25, 0.3) is 0 Å². The molecule has 17 heavy (non-hydrogen) atoms. The molecular formula is C13H25N3O. The highest BCUT2D eigenvalue weighted by molar-refractivity contribution is 5.78. The normalized spacial score (nSPS) is 14.5. The van der Waals surface area contributed by atoms with Crippen LogP contribution in [0.2, 0.25) is 0 Å². The molecule has 4 nitrogen and oxygen atoms in total. The number of nitrogens with zero attached hydrogens (tertiary/aromatic N) is 2. The van der Waals surface area contributed by atoms with Crippen molar-refractivity contribution in [1.29, 1.82) is 5.26 Å². The maximum atomic E-state index is 11.8. The van der Waals surface area contributed by atoms with E-state index in [0.717, 1.165) is 6.54 Å². The Bertz CT molecular complexity index is 270. The molecule has 0 aromatic rings. The molecular weight excluding hydrogens is 214 g/mol. The Hall–Kier alpha value is -1.08. The van der Waals surface area contributed by atoms with E-state index in [9.17, 15) is 4.79 Å². The van der Waals surface area contributed by atoms with Gasteiger partial charge in [-0.05, 0) is 26.3 Å². The van der Waals surface area contributed by atoms with Gasteiger partial charge in [-0.25, -0.2) is 0 Å². The van der Waals surface area contributed by atoms with Gasteiger partial charge in [0, 0.05) is 12.6 Å². The van der Waals surface area contributed by atoms with E-state index in [4.69, 9.17) is 5.26 Å². The number of likely N-dealkylation sites (N-methyl/N-ethyl adjacent to an activating group) is 1. The summed E-state index contributed by atoms with van der Waals surface area (Å²) in [6.45, 7) is 11.9. The molecule has 1 amide bonds. The fourth-order valence-corrected chi connectivity index (χ4v) is 1.40. The van der Waals surface area contributed by atoms with Crippen LogP contribution in [0.3, 0.4) is 0 Å². The lowest BCUT2D eigenvalue weighted by Crippen LogP contribution is -2.43. The average molecular weight is 239 g/mol. The Morgan fingerprint density at radius 1 is 1.35 bits per heavy atom. The van der Waals surface area contributed by atoms with Crippen molar-refractivity contribution in [1.82, 2.24) is 10.2 Å². The van der Waals surface area contributed by atoms with Crippen molar-refractivity contribution in [2.75, 3.05) is 19.6 Å². The highest BCUT2D eigenvalue weighted by Gasteiger charge is 2.15. The Morgan fingerprint density at radius 3 is 2.35 bits per heavy atom. The van der Waals surface area contributed by atoms with E-state index < -0.39 is 0 Å². The lowest BCUT2D eigenvalue weighted by atomic mass is 10.1. The van der Waals surface area contributed by atoms with E-state index in [0.29, 0.717) is 19.0 Å². The zero-order chi connectivity index (χ0) is 13.4. The van der Waals surface area contributed by atoms with Crippen LogP contribution >= 0.6 is 0 Å². The van der Waals surface area contributed by atoms with E-state index in [-0.39, 0.29) is 17.9 Å². The molecule has 0 aliphatic heterocycles. The zero-order valence-corrected chi connectivity index (χ0v) is 11.7. The van der Waals surface area contributed by atoms with E-state index in [1.807, 2.05) is 25.7 Å². The second-order valence-electron chi connectivity index (χ2n) is 4.96. The molecule has 1 N–H and O–H groups in total. The van der Waals surface area contributed by atoms with Crippen molar-refractivity contribution in [3.8, 4) is 6.07 Å². The molecule has 0 saturated heterocycles. The van der Waals surface area contributed by atoms with Gasteiger partial charge in [0.05, 0.1) is 18.5 Å². The van der Waals surface area contributed by atoms with Gasteiger partial charge in [-0.2, -0.15) is 5.26 Å². The lowest BCUT2D eigenvalue weighted by molar-refractivity contribution is -0.123. The fraction of sp³-hybridized carbons (Fsp3) is 0.846. The maximum Gasteiger partial charge on any atom is 0.234 e. The lowest BCUT2D eigenvalue weighted by Gasteiger charge is -2.23. The zero-order valence-electron chi connectivity index (χ0n) is 11.7. The summed E-state index contributed by atoms with van der Waals surface area (Å²) >= 11 is 0. The molecule has 2 unspecified atom stereocenters. The van der Waals surface area contributed by atoms with Gasteiger partial charge >= 0.3 is 0 Å². The minimum Gasteiger partial charge on any atom is -0.352 e. The third kappa shape index (κ3) is 6.96. The Balaban J connectivity index is 4.11. The van der Waals surface area contributed by atoms with Crippen LogP contribution in [0.15, 0.2) is 0 Å². The largest absolute Gasteiger partial charge is 0.352 e. The van der Waals surface area contributed by atoms with Gasteiger partial charge in [-0.1, -0.05) is 20.8 Å². The van der Waals surface area contributed by atoms with Crippen LogP contribution in [0.4, 0.5) is 0 Å². The number of hydrogen-bond acceptors (Lipinski definition) is 3. The standard InChI is InChI=1S/C13H25N3O/c1-6-16(8-11(4)7-14)9-13(17)15-12(5)10(2)3/h10-12H,6,8-9H2,1-5H3,(H,15,17). The summed E-state index contributed by atoms with van der Waals surface area (Å²) in [5.41, 5.74) is 0. The summed E-state index contributed by atoms with van der Waals surface area (Å²) in [6.07, 6.45) is 0. The number of rotatable bonds is 7. The molecule has 0 aliphatic carbocycles. The van der Waals surface area contributed by atoms with E-state index in [1.54, 1.807) is 0 Å². The smallest absolute Gasteiger partial charge is 0.234 e. The number of carbonyl (C=O) groups is 1. The van der Waals surface area contributed by atoms with Gasteiger partial charge in [0.25, 0.3) is 0 Å². The van der Waals surface area contributed by atoms with Crippen LogP contribution in [0.5, 0.6) is 0 Å². The van der Waals surface area contributed by atoms with E-state index in [2.05, 4.69) is 25.2 Å². The molecule has 0 rings (SSSR count). The fourth-order valence-electron chi connectivity index (χ4n) is 1.40. The predicted molar refractivity (Wildman–Crippen MR) is 69.3 cm³/mol. The molecule has 0 fully saturated rings. The molecule has 0 bridgehead atoms. The van der Waals surface area contributed by atoms with Crippen LogP contribution in [-0.4, -0.2) is 36.5 Å². The third-order valence-electron chi connectivity index (χ3n) is 2.96. The van der Waals surface area contributed by atoms with Gasteiger partial charge in [-0.3, -0.25) is 9.69 Å². The van der Waals surface area contributed by atoms with Gasteiger partial charge in [-0.15, -0.1) is 0 Å². The van der Waals surface area contributed by atoms with Gasteiger partial charge in [0.15, 0.2) is 0 Å². The predicted octanol–water partition coefficient (Wildman–Crippen LogP) is 1.63. The van der Waals surface area contributed by atoms with Crippen molar-refractivity contribution in [3.63, 3.8) is 0 Å². The summed E-state index contributed by atoms with van der Waals surface area (Å²) in [7, 11) is 0. The third-order valence-corrected chi connectivity index (χ3v) is 2.96. The van der Waals surface area contributed by atoms with Crippen molar-refractivity contribution < 1.29 is 4.79 Å². The summed E-state index contributed by atoms with van der Waals surface area (Å²) in [5, 5.41) is 11.7. The highest BCUT2D eigenvalue weighted by Crippen LogP contribution is 2.01. The first-order valence-electron chi connectivity index (χ1n) is 6.32. The molecule has 4 heteroatoms. The van der Waals surface area contributed by atoms with Crippen LogP contribution < -0.4 is 5.32 Å². The van der Waals surface area contributed by atoms with E-state index in [1.165, 1.54) is 0 Å². The van der Waals surface area contributed by atoms with Crippen molar-refractivity contribution in [2.45, 2.75) is 40.7 Å². The van der Waals surface area contributed by atoms with Crippen LogP contribution in [0, 0.1) is 23.2 Å². The number of nitriles is 1. The maximum absolute atomic E-state index is 11.8. The molecule has 0 aromatic carbocycles. The second-order valence-corrected chi connectivity index (χ2v) is 4.96. The Labute approximate surface area is 105 Å². The highest BCUT2D eigenvalue weighted by atomic mass is 16.2. The Morgan fingerprint density at radius 2 is 1.94 bits per heavy atom. The minimum absolute atomic E-state index is 0.0368. The SMILES string of the molecule is CCN(CC(=O)NC(C)C(C)C)CC(C)C#N. The minimum atomic E-state index is -0.0368. The second kappa shape index (κ2) is 8.08. The number of hydrogen-bond donors (Lipinski definition) is 1. The monoisotopic (exact) mass is 239 g/mol. The topological polar surface area (TPSA) is 56.1 Å². The first-order valence-corrected chi connectivity index (χ1v) is 6.32. The average Bonchev–Trinajstić information content (AvgIpc) is 2.27. The van der Waals surface area contributed by atoms with Crippen LogP contribution in [0.1, 0.15) is 34.6 Å². The molecule has 2 atom stereocenters. The van der Waals surface area contributed by atoms with Gasteiger partial charge in [0.2, 0.25) is 5.91 Å². The molecule has 0 spiro atoms.